The Hall–Kier alpha value is 0.660. The Morgan fingerprint density at radius 2 is 2.36 bits per heavy atom. The SMILES string of the molecule is CCCNCC1CSCCS1. The molecule has 0 amide bonds. The summed E-state index contributed by atoms with van der Waals surface area (Å²) in [6.07, 6.45) is 1.25. The van der Waals surface area contributed by atoms with Gasteiger partial charge in [0.05, 0.1) is 0 Å². The van der Waals surface area contributed by atoms with Gasteiger partial charge < -0.3 is 5.32 Å². The summed E-state index contributed by atoms with van der Waals surface area (Å²) < 4.78 is 0. The molecule has 66 valence electrons. The zero-order valence-electron chi connectivity index (χ0n) is 7.14. The first-order valence-corrected chi connectivity index (χ1v) is 6.54. The molecule has 0 spiro atoms. The van der Waals surface area contributed by atoms with E-state index in [1.165, 1.54) is 36.8 Å². The molecule has 1 saturated heterocycles. The highest BCUT2D eigenvalue weighted by Crippen LogP contribution is 2.23. The summed E-state index contributed by atoms with van der Waals surface area (Å²) in [7, 11) is 0. The fraction of sp³-hybridized carbons (Fsp3) is 1.00. The van der Waals surface area contributed by atoms with Crippen LogP contribution in [-0.4, -0.2) is 35.6 Å². The van der Waals surface area contributed by atoms with Gasteiger partial charge in [-0.15, -0.1) is 0 Å². The van der Waals surface area contributed by atoms with Crippen LogP contribution in [0.3, 0.4) is 0 Å². The van der Waals surface area contributed by atoms with Crippen molar-refractivity contribution in [2.75, 3.05) is 30.3 Å². The number of thioether (sulfide) groups is 2. The lowest BCUT2D eigenvalue weighted by atomic mass is 10.4. The largest absolute Gasteiger partial charge is 0.316 e. The van der Waals surface area contributed by atoms with Crippen molar-refractivity contribution in [2.24, 2.45) is 0 Å². The molecule has 1 atom stereocenters. The molecule has 0 saturated carbocycles. The van der Waals surface area contributed by atoms with Crippen LogP contribution in [0.4, 0.5) is 0 Å². The zero-order chi connectivity index (χ0) is 7.94. The fourth-order valence-corrected chi connectivity index (χ4v) is 3.74. The molecule has 0 aliphatic carbocycles. The predicted octanol–water partition coefficient (Wildman–Crippen LogP) is 1.83. The summed E-state index contributed by atoms with van der Waals surface area (Å²) in [6.45, 7) is 4.61. The molecule has 3 heteroatoms. The van der Waals surface area contributed by atoms with E-state index in [-0.39, 0.29) is 0 Å². The van der Waals surface area contributed by atoms with E-state index in [2.05, 4.69) is 35.8 Å². The lowest BCUT2D eigenvalue weighted by molar-refractivity contribution is 0.671. The van der Waals surface area contributed by atoms with Crippen LogP contribution in [0, 0.1) is 0 Å². The quantitative estimate of drug-likeness (QED) is 0.681. The van der Waals surface area contributed by atoms with E-state index in [0.29, 0.717) is 0 Å². The molecule has 1 nitrogen and oxygen atoms in total. The van der Waals surface area contributed by atoms with Crippen molar-refractivity contribution in [2.45, 2.75) is 18.6 Å². The molecule has 1 heterocycles. The monoisotopic (exact) mass is 191 g/mol. The summed E-state index contributed by atoms with van der Waals surface area (Å²) in [5, 5.41) is 4.35. The summed E-state index contributed by atoms with van der Waals surface area (Å²) in [5.74, 6) is 4.06. The van der Waals surface area contributed by atoms with Gasteiger partial charge in [-0.25, -0.2) is 0 Å². The first kappa shape index (κ1) is 9.75. The molecular weight excluding hydrogens is 174 g/mol. The summed E-state index contributed by atoms with van der Waals surface area (Å²) in [5.41, 5.74) is 0. The van der Waals surface area contributed by atoms with Crippen molar-refractivity contribution in [3.05, 3.63) is 0 Å². The molecular formula is C8H17NS2. The minimum Gasteiger partial charge on any atom is -0.316 e. The Morgan fingerprint density at radius 1 is 1.45 bits per heavy atom. The van der Waals surface area contributed by atoms with Crippen LogP contribution in [0.15, 0.2) is 0 Å². The first-order chi connectivity index (χ1) is 5.43. The van der Waals surface area contributed by atoms with Crippen molar-refractivity contribution in [1.82, 2.24) is 5.32 Å². The van der Waals surface area contributed by atoms with Crippen LogP contribution in [0.25, 0.3) is 0 Å². The second kappa shape index (κ2) is 6.21. The van der Waals surface area contributed by atoms with Gasteiger partial charge in [0.1, 0.15) is 0 Å². The topological polar surface area (TPSA) is 12.0 Å². The van der Waals surface area contributed by atoms with Gasteiger partial charge in [0.2, 0.25) is 0 Å². The number of hydrogen-bond acceptors (Lipinski definition) is 3. The molecule has 1 fully saturated rings. The second-order valence-corrected chi connectivity index (χ2v) is 5.33. The van der Waals surface area contributed by atoms with Gasteiger partial charge in [-0.05, 0) is 13.0 Å². The van der Waals surface area contributed by atoms with E-state index in [1.807, 2.05) is 0 Å². The third-order valence-electron chi connectivity index (χ3n) is 1.68. The third-order valence-corrected chi connectivity index (χ3v) is 4.53. The average molecular weight is 191 g/mol. The summed E-state index contributed by atoms with van der Waals surface area (Å²) in [6, 6.07) is 0. The molecule has 1 unspecified atom stereocenters. The van der Waals surface area contributed by atoms with E-state index < -0.39 is 0 Å². The molecule has 1 aliphatic heterocycles. The van der Waals surface area contributed by atoms with Crippen LogP contribution in [-0.2, 0) is 0 Å². The van der Waals surface area contributed by atoms with Crippen LogP contribution in [0.2, 0.25) is 0 Å². The van der Waals surface area contributed by atoms with Gasteiger partial charge in [0, 0.05) is 29.1 Å². The fourth-order valence-electron chi connectivity index (χ4n) is 1.09. The number of rotatable bonds is 4. The second-order valence-electron chi connectivity index (χ2n) is 2.77. The maximum Gasteiger partial charge on any atom is 0.0263 e. The van der Waals surface area contributed by atoms with Crippen molar-refractivity contribution in [3.63, 3.8) is 0 Å². The molecule has 1 rings (SSSR count). The number of nitrogens with one attached hydrogen (secondary N) is 1. The van der Waals surface area contributed by atoms with Crippen molar-refractivity contribution >= 4 is 23.5 Å². The van der Waals surface area contributed by atoms with Crippen LogP contribution < -0.4 is 5.32 Å². The minimum atomic E-state index is 0.875. The van der Waals surface area contributed by atoms with E-state index in [4.69, 9.17) is 0 Å². The van der Waals surface area contributed by atoms with Crippen LogP contribution in [0.5, 0.6) is 0 Å². The van der Waals surface area contributed by atoms with Gasteiger partial charge in [0.25, 0.3) is 0 Å². The lowest BCUT2D eigenvalue weighted by Gasteiger charge is -2.20. The summed E-state index contributed by atoms with van der Waals surface area (Å²) >= 11 is 4.23. The molecule has 0 aromatic rings. The Bertz CT molecular complexity index is 92.1. The van der Waals surface area contributed by atoms with Crippen molar-refractivity contribution in [1.29, 1.82) is 0 Å². The Labute approximate surface area is 78.1 Å². The van der Waals surface area contributed by atoms with E-state index >= 15 is 0 Å². The van der Waals surface area contributed by atoms with Crippen LogP contribution in [0.1, 0.15) is 13.3 Å². The van der Waals surface area contributed by atoms with Gasteiger partial charge in [-0.2, -0.15) is 23.5 Å². The Kier molecular flexibility index (Phi) is 5.50. The normalized spacial score (nSPS) is 25.4. The molecule has 0 bridgehead atoms. The molecule has 1 N–H and O–H groups in total. The van der Waals surface area contributed by atoms with Gasteiger partial charge in [-0.3, -0.25) is 0 Å². The molecule has 11 heavy (non-hydrogen) atoms. The number of hydrogen-bond donors (Lipinski definition) is 1. The predicted molar refractivity (Wildman–Crippen MR) is 56.7 cm³/mol. The standard InChI is InChI=1S/C8H17NS2/c1-2-3-9-6-8-7-10-4-5-11-8/h8-9H,2-7H2,1H3. The Morgan fingerprint density at radius 3 is 3.00 bits per heavy atom. The van der Waals surface area contributed by atoms with E-state index in [9.17, 15) is 0 Å². The molecule has 0 aromatic carbocycles. The van der Waals surface area contributed by atoms with Gasteiger partial charge >= 0.3 is 0 Å². The van der Waals surface area contributed by atoms with Crippen molar-refractivity contribution in [3.8, 4) is 0 Å². The summed E-state index contributed by atoms with van der Waals surface area (Å²) in [4.78, 5) is 0. The smallest absolute Gasteiger partial charge is 0.0263 e. The highest BCUT2D eigenvalue weighted by molar-refractivity contribution is 8.06. The molecule has 1 aliphatic rings. The maximum atomic E-state index is 3.47. The van der Waals surface area contributed by atoms with E-state index in [0.717, 1.165) is 5.25 Å². The van der Waals surface area contributed by atoms with Gasteiger partial charge in [0.15, 0.2) is 0 Å². The third kappa shape index (κ3) is 4.28. The van der Waals surface area contributed by atoms with Gasteiger partial charge in [-0.1, -0.05) is 6.92 Å². The highest BCUT2D eigenvalue weighted by Gasteiger charge is 2.12. The lowest BCUT2D eigenvalue weighted by Crippen LogP contribution is -2.29. The Balaban J connectivity index is 1.96. The zero-order valence-corrected chi connectivity index (χ0v) is 8.77. The van der Waals surface area contributed by atoms with Crippen molar-refractivity contribution < 1.29 is 0 Å². The first-order valence-electron chi connectivity index (χ1n) is 4.33. The molecule has 0 aromatic heterocycles. The maximum absolute atomic E-state index is 3.47. The molecule has 0 radical (unpaired) electrons. The van der Waals surface area contributed by atoms with E-state index in [1.54, 1.807) is 0 Å². The average Bonchev–Trinajstić information content (AvgIpc) is 2.07. The highest BCUT2D eigenvalue weighted by atomic mass is 32.2. The van der Waals surface area contributed by atoms with Crippen LogP contribution >= 0.6 is 23.5 Å². The minimum absolute atomic E-state index is 0.875.